The molecule has 1 unspecified atom stereocenters. The van der Waals surface area contributed by atoms with Gasteiger partial charge in [0.15, 0.2) is 0 Å². The fraction of sp³-hybridized carbons (Fsp3) is 0.200. The molecule has 3 aromatic rings. The number of hydrogen-bond acceptors (Lipinski definition) is 2. The first kappa shape index (κ1) is 20.4. The topological polar surface area (TPSA) is 74.0 Å². The van der Waals surface area contributed by atoms with E-state index in [1.54, 1.807) is 23.6 Å². The molecule has 1 atom stereocenters. The van der Waals surface area contributed by atoms with Crippen molar-refractivity contribution in [3.05, 3.63) is 71.7 Å². The maximum absolute atomic E-state index is 13.0. The average molecular weight is 407 g/mol. The third-order valence-electron chi connectivity index (χ3n) is 4.29. The number of para-hydroxylation sites is 1. The molecular weight excluding hydrogens is 390 g/mol. The van der Waals surface area contributed by atoms with E-state index in [0.717, 1.165) is 23.0 Å². The number of hydrogen-bond donors (Lipinski definition) is 3. The molecule has 0 bridgehead atoms. The van der Waals surface area contributed by atoms with E-state index in [1.165, 1.54) is 12.1 Å². The molecule has 2 amide bonds. The van der Waals surface area contributed by atoms with Crippen molar-refractivity contribution in [3.8, 4) is 0 Å². The Morgan fingerprint density at radius 3 is 2.41 bits per heavy atom. The van der Waals surface area contributed by atoms with Crippen molar-refractivity contribution < 1.29 is 27.2 Å². The number of nitrogens with one attached hydrogen (secondary N) is 3. The molecule has 9 heteroatoms. The van der Waals surface area contributed by atoms with Gasteiger partial charge in [-0.05, 0) is 35.9 Å². The van der Waals surface area contributed by atoms with E-state index in [2.05, 4.69) is 10.3 Å². The second kappa shape index (κ2) is 8.34. The number of halogens is 4. The summed E-state index contributed by atoms with van der Waals surface area (Å²) < 4.78 is 50.5. The zero-order valence-corrected chi connectivity index (χ0v) is 15.0. The second-order valence-corrected chi connectivity index (χ2v) is 6.43. The summed E-state index contributed by atoms with van der Waals surface area (Å²) >= 11 is 0. The van der Waals surface area contributed by atoms with Gasteiger partial charge in [-0.2, -0.15) is 13.2 Å². The third-order valence-corrected chi connectivity index (χ3v) is 4.29. The van der Waals surface area contributed by atoms with Crippen molar-refractivity contribution >= 4 is 22.7 Å². The monoisotopic (exact) mass is 407 g/mol. The number of fused-ring (bicyclic) bond motifs is 1. The lowest BCUT2D eigenvalue weighted by atomic mass is 10.0. The quantitative estimate of drug-likeness (QED) is 0.549. The highest BCUT2D eigenvalue weighted by molar-refractivity contribution is 5.97. The summed E-state index contributed by atoms with van der Waals surface area (Å²) in [6.45, 7) is -1.51. The van der Waals surface area contributed by atoms with Gasteiger partial charge in [-0.25, -0.2) is 4.39 Å². The van der Waals surface area contributed by atoms with Crippen molar-refractivity contribution in [2.45, 2.75) is 18.6 Å². The van der Waals surface area contributed by atoms with Gasteiger partial charge in [0.05, 0.1) is 0 Å². The Morgan fingerprint density at radius 2 is 1.72 bits per heavy atom. The molecule has 0 spiro atoms. The largest absolute Gasteiger partial charge is 0.405 e. The molecule has 1 heterocycles. The summed E-state index contributed by atoms with van der Waals surface area (Å²) in [7, 11) is 0. The lowest BCUT2D eigenvalue weighted by molar-refractivity contribution is -0.139. The fourth-order valence-electron chi connectivity index (χ4n) is 2.88. The molecular formula is C20H17F4N3O2. The fourth-order valence-corrected chi connectivity index (χ4v) is 2.88. The van der Waals surface area contributed by atoms with Gasteiger partial charge in [-0.3, -0.25) is 9.59 Å². The number of alkyl halides is 3. The smallest absolute Gasteiger partial charge is 0.361 e. The number of carbonyl (C=O) groups excluding carboxylic acids is 2. The molecule has 0 fully saturated rings. The normalized spacial score (nSPS) is 12.6. The van der Waals surface area contributed by atoms with E-state index in [1.807, 2.05) is 12.1 Å². The SMILES string of the molecule is O=C(NC(Cc1c[nH]c2ccccc12)C(=O)NCC(F)(F)F)c1ccc(F)cc1. The van der Waals surface area contributed by atoms with Crippen molar-refractivity contribution in [1.29, 1.82) is 0 Å². The summed E-state index contributed by atoms with van der Waals surface area (Å²) in [6, 6.07) is 10.6. The van der Waals surface area contributed by atoms with Crippen molar-refractivity contribution in [2.75, 3.05) is 6.54 Å². The Hall–Kier alpha value is -3.36. The first-order valence-electron chi connectivity index (χ1n) is 8.69. The number of amides is 2. The molecule has 0 aliphatic rings. The highest BCUT2D eigenvalue weighted by atomic mass is 19.4. The van der Waals surface area contributed by atoms with Crippen LogP contribution in [0.1, 0.15) is 15.9 Å². The number of rotatable bonds is 6. The van der Waals surface area contributed by atoms with Crippen LogP contribution in [0.15, 0.2) is 54.7 Å². The Kier molecular flexibility index (Phi) is 5.86. The standard InChI is InChI=1S/C20H17F4N3O2/c21-14-7-5-12(6-8-14)18(28)27-17(19(29)26-11-20(22,23)24)9-13-10-25-16-4-2-1-3-15(13)16/h1-8,10,17,25H,9,11H2,(H,26,29)(H,27,28). The zero-order chi connectivity index (χ0) is 21.0. The van der Waals surface area contributed by atoms with Crippen LogP contribution in [0.2, 0.25) is 0 Å². The van der Waals surface area contributed by atoms with E-state index < -0.39 is 36.4 Å². The van der Waals surface area contributed by atoms with Gasteiger partial charge < -0.3 is 15.6 Å². The summed E-state index contributed by atoms with van der Waals surface area (Å²) in [6.07, 6.45) is -2.97. The maximum Gasteiger partial charge on any atom is 0.405 e. The molecule has 29 heavy (non-hydrogen) atoms. The highest BCUT2D eigenvalue weighted by Crippen LogP contribution is 2.20. The Morgan fingerprint density at radius 1 is 1.03 bits per heavy atom. The number of benzene rings is 2. The molecule has 0 radical (unpaired) electrons. The van der Waals surface area contributed by atoms with E-state index in [4.69, 9.17) is 0 Å². The van der Waals surface area contributed by atoms with Gasteiger partial charge in [0, 0.05) is 29.1 Å². The summed E-state index contributed by atoms with van der Waals surface area (Å²) in [5.41, 5.74) is 1.54. The van der Waals surface area contributed by atoms with Crippen LogP contribution >= 0.6 is 0 Å². The van der Waals surface area contributed by atoms with Gasteiger partial charge in [-0.1, -0.05) is 18.2 Å². The van der Waals surface area contributed by atoms with Gasteiger partial charge >= 0.3 is 6.18 Å². The molecule has 3 rings (SSSR count). The predicted octanol–water partition coefficient (Wildman–Crippen LogP) is 3.33. The van der Waals surface area contributed by atoms with Crippen LogP contribution in [-0.4, -0.2) is 35.6 Å². The van der Waals surface area contributed by atoms with Crippen LogP contribution in [0.25, 0.3) is 10.9 Å². The molecule has 0 aliphatic carbocycles. The third kappa shape index (κ3) is 5.34. The molecule has 1 aromatic heterocycles. The van der Waals surface area contributed by atoms with E-state index in [9.17, 15) is 27.2 Å². The second-order valence-electron chi connectivity index (χ2n) is 6.43. The summed E-state index contributed by atoms with van der Waals surface area (Å²) in [5, 5.41) is 5.03. The highest BCUT2D eigenvalue weighted by Gasteiger charge is 2.30. The van der Waals surface area contributed by atoms with Crippen LogP contribution in [0.3, 0.4) is 0 Å². The maximum atomic E-state index is 13.0. The predicted molar refractivity (Wildman–Crippen MR) is 98.7 cm³/mol. The van der Waals surface area contributed by atoms with Crippen LogP contribution in [0.4, 0.5) is 17.6 Å². The summed E-state index contributed by atoms with van der Waals surface area (Å²) in [5.74, 6) is -2.21. The van der Waals surface area contributed by atoms with Crippen LogP contribution in [0.5, 0.6) is 0 Å². The van der Waals surface area contributed by atoms with Crippen molar-refractivity contribution in [1.82, 2.24) is 15.6 Å². The van der Waals surface area contributed by atoms with Crippen molar-refractivity contribution in [3.63, 3.8) is 0 Å². The Bertz CT molecular complexity index is 1010. The first-order valence-corrected chi connectivity index (χ1v) is 8.69. The lowest BCUT2D eigenvalue weighted by Gasteiger charge is -2.19. The first-order chi connectivity index (χ1) is 13.7. The number of carbonyl (C=O) groups is 2. The minimum absolute atomic E-state index is 0.0271. The van der Waals surface area contributed by atoms with E-state index >= 15 is 0 Å². The van der Waals surface area contributed by atoms with Gasteiger partial charge in [0.1, 0.15) is 18.4 Å². The van der Waals surface area contributed by atoms with Crippen molar-refractivity contribution in [2.24, 2.45) is 0 Å². The minimum atomic E-state index is -4.58. The molecule has 152 valence electrons. The zero-order valence-electron chi connectivity index (χ0n) is 15.0. The Balaban J connectivity index is 1.81. The van der Waals surface area contributed by atoms with Gasteiger partial charge in [-0.15, -0.1) is 0 Å². The van der Waals surface area contributed by atoms with Crippen LogP contribution < -0.4 is 10.6 Å². The van der Waals surface area contributed by atoms with E-state index in [-0.39, 0.29) is 12.0 Å². The number of aromatic nitrogens is 1. The minimum Gasteiger partial charge on any atom is -0.361 e. The Labute approximate surface area is 163 Å². The van der Waals surface area contributed by atoms with Crippen LogP contribution in [0, 0.1) is 5.82 Å². The molecule has 3 N–H and O–H groups in total. The van der Waals surface area contributed by atoms with Gasteiger partial charge in [0.2, 0.25) is 5.91 Å². The number of H-pyrrole nitrogens is 1. The number of aromatic amines is 1. The van der Waals surface area contributed by atoms with E-state index in [0.29, 0.717) is 5.56 Å². The molecule has 0 aliphatic heterocycles. The molecule has 0 saturated carbocycles. The molecule has 5 nitrogen and oxygen atoms in total. The van der Waals surface area contributed by atoms with Gasteiger partial charge in [0.25, 0.3) is 5.91 Å². The molecule has 0 saturated heterocycles. The summed E-state index contributed by atoms with van der Waals surface area (Å²) in [4.78, 5) is 27.8. The molecule has 2 aromatic carbocycles. The average Bonchev–Trinajstić information content (AvgIpc) is 3.08. The lowest BCUT2D eigenvalue weighted by Crippen LogP contribution is -2.49. The van der Waals surface area contributed by atoms with Crippen LogP contribution in [-0.2, 0) is 11.2 Å².